The molecule has 3 rings (SSSR count). The predicted molar refractivity (Wildman–Crippen MR) is 123 cm³/mol. The van der Waals surface area contributed by atoms with Gasteiger partial charge in [0.2, 0.25) is 5.91 Å². The summed E-state index contributed by atoms with van der Waals surface area (Å²) >= 11 is 7.81. The Balaban J connectivity index is 1.80. The van der Waals surface area contributed by atoms with Crippen LogP contribution < -0.4 is 5.32 Å². The number of unbranched alkanes of at least 4 members (excludes halogenated alkanes) is 1. The number of fused-ring (bicyclic) bond motifs is 1. The van der Waals surface area contributed by atoms with Crippen molar-refractivity contribution in [1.82, 2.24) is 15.1 Å². The lowest BCUT2D eigenvalue weighted by molar-refractivity contribution is -0.133. The van der Waals surface area contributed by atoms with E-state index in [4.69, 9.17) is 11.6 Å². The summed E-state index contributed by atoms with van der Waals surface area (Å²) in [5.74, 6) is -0.0701. The summed E-state index contributed by atoms with van der Waals surface area (Å²) < 4.78 is 0. The summed E-state index contributed by atoms with van der Waals surface area (Å²) in [4.78, 5) is 30.6. The van der Waals surface area contributed by atoms with Gasteiger partial charge in [-0.1, -0.05) is 43.2 Å². The van der Waals surface area contributed by atoms with E-state index in [2.05, 4.69) is 30.3 Å². The normalized spacial score (nSPS) is 15.4. The summed E-state index contributed by atoms with van der Waals surface area (Å²) in [6, 6.07) is 9.35. The molecule has 2 heterocycles. The Morgan fingerprint density at radius 2 is 2.10 bits per heavy atom. The zero-order chi connectivity index (χ0) is 21.5. The molecule has 1 unspecified atom stereocenters. The maximum atomic E-state index is 13.3. The van der Waals surface area contributed by atoms with E-state index in [9.17, 15) is 9.59 Å². The number of nitrogens with one attached hydrogen (secondary N) is 1. The van der Waals surface area contributed by atoms with Crippen molar-refractivity contribution in [2.24, 2.45) is 0 Å². The average molecular weight is 446 g/mol. The van der Waals surface area contributed by atoms with Crippen LogP contribution >= 0.6 is 22.9 Å². The molecule has 1 aliphatic rings. The van der Waals surface area contributed by atoms with Gasteiger partial charge in [0.15, 0.2) is 0 Å². The van der Waals surface area contributed by atoms with Gasteiger partial charge < -0.3 is 15.1 Å². The molecule has 0 bridgehead atoms. The van der Waals surface area contributed by atoms with E-state index in [0.29, 0.717) is 24.7 Å². The van der Waals surface area contributed by atoms with Crippen LogP contribution in [0.3, 0.4) is 0 Å². The van der Waals surface area contributed by atoms with Crippen molar-refractivity contribution in [2.45, 2.75) is 32.2 Å². The molecule has 30 heavy (non-hydrogen) atoms. The minimum Gasteiger partial charge on any atom is -0.338 e. The second kappa shape index (κ2) is 10.6. The number of nitrogens with zero attached hydrogens (tertiary/aromatic N) is 2. The van der Waals surface area contributed by atoms with Crippen LogP contribution in [-0.4, -0.2) is 47.9 Å². The molecule has 0 aliphatic carbocycles. The van der Waals surface area contributed by atoms with Gasteiger partial charge in [-0.3, -0.25) is 4.79 Å². The Labute approximate surface area is 187 Å². The van der Waals surface area contributed by atoms with Crippen molar-refractivity contribution in [1.29, 1.82) is 0 Å². The van der Waals surface area contributed by atoms with Gasteiger partial charge in [-0.15, -0.1) is 17.9 Å². The number of hydrogen-bond acceptors (Lipinski definition) is 3. The summed E-state index contributed by atoms with van der Waals surface area (Å²) in [5.41, 5.74) is 2.18. The van der Waals surface area contributed by atoms with Gasteiger partial charge in [0.25, 0.3) is 0 Å². The van der Waals surface area contributed by atoms with Crippen molar-refractivity contribution in [3.05, 3.63) is 69.4 Å². The minimum absolute atomic E-state index is 0.0214. The number of carbonyl (C=O) groups excluding carboxylic acids is 2. The zero-order valence-electron chi connectivity index (χ0n) is 17.3. The highest BCUT2D eigenvalue weighted by Crippen LogP contribution is 2.38. The highest BCUT2D eigenvalue weighted by atomic mass is 35.5. The molecule has 1 aromatic carbocycles. The summed E-state index contributed by atoms with van der Waals surface area (Å²) in [6.07, 6.45) is 4.39. The lowest BCUT2D eigenvalue weighted by Crippen LogP contribution is -2.49. The molecule has 0 spiro atoms. The van der Waals surface area contributed by atoms with E-state index in [-0.39, 0.29) is 24.5 Å². The molecule has 0 saturated heterocycles. The van der Waals surface area contributed by atoms with E-state index in [0.717, 1.165) is 30.4 Å². The maximum Gasteiger partial charge on any atom is 0.318 e. The van der Waals surface area contributed by atoms with Crippen LogP contribution in [0.2, 0.25) is 5.02 Å². The van der Waals surface area contributed by atoms with Gasteiger partial charge in [-0.05, 0) is 47.5 Å². The lowest BCUT2D eigenvalue weighted by Gasteiger charge is -2.37. The third kappa shape index (κ3) is 5.24. The van der Waals surface area contributed by atoms with Crippen molar-refractivity contribution in [3.63, 3.8) is 0 Å². The van der Waals surface area contributed by atoms with Gasteiger partial charge in [-0.25, -0.2) is 4.79 Å². The third-order valence-corrected chi connectivity index (χ3v) is 6.49. The zero-order valence-corrected chi connectivity index (χ0v) is 18.8. The molecule has 0 fully saturated rings. The Kier molecular flexibility index (Phi) is 7.94. The van der Waals surface area contributed by atoms with E-state index in [1.54, 1.807) is 17.4 Å². The number of urea groups is 1. The summed E-state index contributed by atoms with van der Waals surface area (Å²) in [5, 5.41) is 5.63. The smallest absolute Gasteiger partial charge is 0.318 e. The quantitative estimate of drug-likeness (QED) is 0.465. The number of benzene rings is 1. The summed E-state index contributed by atoms with van der Waals surface area (Å²) in [6.45, 7) is 7.38. The van der Waals surface area contributed by atoms with Gasteiger partial charge in [0.1, 0.15) is 6.54 Å². The fourth-order valence-corrected chi connectivity index (χ4v) is 4.73. The molecule has 1 atom stereocenters. The molecule has 2 aromatic rings. The Morgan fingerprint density at radius 1 is 1.33 bits per heavy atom. The number of amides is 3. The maximum absolute atomic E-state index is 13.3. The van der Waals surface area contributed by atoms with Crippen LogP contribution in [0.5, 0.6) is 0 Å². The van der Waals surface area contributed by atoms with Crippen molar-refractivity contribution < 1.29 is 9.59 Å². The molecule has 0 radical (unpaired) electrons. The van der Waals surface area contributed by atoms with Crippen molar-refractivity contribution >= 4 is 34.9 Å². The molecule has 5 nitrogen and oxygen atoms in total. The molecular formula is C23H28ClN3O2S. The van der Waals surface area contributed by atoms with Crippen LogP contribution in [0.1, 0.15) is 41.8 Å². The average Bonchev–Trinajstić information content (AvgIpc) is 3.22. The van der Waals surface area contributed by atoms with Gasteiger partial charge >= 0.3 is 6.03 Å². The van der Waals surface area contributed by atoms with Gasteiger partial charge in [-0.2, -0.15) is 0 Å². The first-order valence-electron chi connectivity index (χ1n) is 10.3. The van der Waals surface area contributed by atoms with Crippen molar-refractivity contribution in [3.8, 4) is 0 Å². The Morgan fingerprint density at radius 3 is 2.80 bits per heavy atom. The highest BCUT2D eigenvalue weighted by molar-refractivity contribution is 7.10. The van der Waals surface area contributed by atoms with Gasteiger partial charge in [0.05, 0.1) is 6.04 Å². The van der Waals surface area contributed by atoms with Crippen LogP contribution in [0.25, 0.3) is 0 Å². The fourth-order valence-electron chi connectivity index (χ4n) is 3.70. The molecule has 1 aromatic heterocycles. The first-order valence-corrected chi connectivity index (χ1v) is 11.6. The van der Waals surface area contributed by atoms with Crippen molar-refractivity contribution in [2.75, 3.05) is 26.2 Å². The van der Waals surface area contributed by atoms with E-state index < -0.39 is 0 Å². The molecule has 1 N–H and O–H groups in total. The van der Waals surface area contributed by atoms with E-state index in [1.165, 1.54) is 9.78 Å². The first-order chi connectivity index (χ1) is 14.5. The molecule has 0 saturated carbocycles. The Hall–Kier alpha value is -2.31. The second-order valence-corrected chi connectivity index (χ2v) is 8.78. The molecular weight excluding hydrogens is 418 g/mol. The Bertz CT molecular complexity index is 881. The number of halogens is 1. The third-order valence-electron chi connectivity index (χ3n) is 5.24. The minimum atomic E-state index is -0.229. The molecule has 1 aliphatic heterocycles. The SMILES string of the molecule is C=CCN(CC(=O)N1CCc2sccc2C1c1ccc(Cl)cc1)C(=O)NCCCC. The molecule has 7 heteroatoms. The summed E-state index contributed by atoms with van der Waals surface area (Å²) in [7, 11) is 0. The van der Waals surface area contributed by atoms with E-state index >= 15 is 0 Å². The predicted octanol–water partition coefficient (Wildman–Crippen LogP) is 4.87. The second-order valence-electron chi connectivity index (χ2n) is 7.35. The topological polar surface area (TPSA) is 52.7 Å². The number of carbonyl (C=O) groups is 2. The van der Waals surface area contributed by atoms with E-state index in [1.807, 2.05) is 29.2 Å². The first kappa shape index (κ1) is 22.4. The van der Waals surface area contributed by atoms with Crippen LogP contribution in [0.15, 0.2) is 48.4 Å². The standard InChI is InChI=1S/C23H28ClN3O2S/c1-3-5-12-25-23(29)26(13-4-2)16-21(28)27-14-10-20-19(11-15-30-20)22(27)17-6-8-18(24)9-7-17/h4,6-9,11,15,22H,2-3,5,10,12-14,16H2,1H3,(H,25,29). The number of rotatable bonds is 8. The van der Waals surface area contributed by atoms with Gasteiger partial charge in [0, 0.05) is 29.5 Å². The molecule has 160 valence electrons. The highest BCUT2D eigenvalue weighted by Gasteiger charge is 2.33. The fraction of sp³-hybridized carbons (Fsp3) is 0.391. The monoisotopic (exact) mass is 445 g/mol. The van der Waals surface area contributed by atoms with Crippen LogP contribution in [0.4, 0.5) is 4.79 Å². The number of hydrogen-bond donors (Lipinski definition) is 1. The lowest BCUT2D eigenvalue weighted by atomic mass is 9.93. The van der Waals surface area contributed by atoms with Crippen LogP contribution in [0, 0.1) is 0 Å². The number of thiophene rings is 1. The largest absolute Gasteiger partial charge is 0.338 e. The molecule has 3 amide bonds. The van der Waals surface area contributed by atoms with Crippen LogP contribution in [-0.2, 0) is 11.2 Å².